The summed E-state index contributed by atoms with van der Waals surface area (Å²) >= 11 is 0. The minimum atomic E-state index is -0.517. The molecule has 6 heteroatoms. The normalized spacial score (nSPS) is 21.4. The van der Waals surface area contributed by atoms with Crippen LogP contribution in [0.5, 0.6) is 0 Å². The number of ether oxygens (including phenoxy) is 1. The Bertz CT molecular complexity index is 383. The average Bonchev–Trinajstić information content (AvgIpc) is 2.91. The molecule has 0 spiro atoms. The third kappa shape index (κ3) is 3.28. The van der Waals surface area contributed by atoms with Crippen molar-refractivity contribution >= 4 is 11.6 Å². The average molecular weight is 238 g/mol. The molecule has 0 bridgehead atoms. The van der Waals surface area contributed by atoms with Gasteiger partial charge >= 0.3 is 0 Å². The molecule has 0 aliphatic carbocycles. The predicted molar refractivity (Wildman–Crippen MR) is 63.5 cm³/mol. The molecule has 2 unspecified atom stereocenters. The smallest absolute Gasteiger partial charge is 0.241 e. The van der Waals surface area contributed by atoms with Gasteiger partial charge in [0.25, 0.3) is 0 Å². The molecular formula is C11H18N4O2. The second kappa shape index (κ2) is 5.29. The van der Waals surface area contributed by atoms with E-state index in [2.05, 4.69) is 10.4 Å². The molecule has 2 heterocycles. The molecular weight excluding hydrogens is 220 g/mol. The number of nitrogens with two attached hydrogens (primary N) is 1. The van der Waals surface area contributed by atoms with Gasteiger partial charge in [0.05, 0.1) is 30.6 Å². The molecule has 1 aliphatic rings. The van der Waals surface area contributed by atoms with Gasteiger partial charge in [0.2, 0.25) is 5.91 Å². The van der Waals surface area contributed by atoms with Crippen LogP contribution in [0, 0.1) is 0 Å². The van der Waals surface area contributed by atoms with Crippen molar-refractivity contribution in [2.75, 3.05) is 11.9 Å². The molecule has 1 aromatic rings. The molecule has 0 radical (unpaired) electrons. The molecule has 2 rings (SSSR count). The first kappa shape index (κ1) is 12.1. The summed E-state index contributed by atoms with van der Waals surface area (Å²) in [6, 6.07) is -0.517. The van der Waals surface area contributed by atoms with Gasteiger partial charge in [0.1, 0.15) is 0 Å². The fraction of sp³-hybridized carbons (Fsp3) is 0.636. The number of amides is 1. The van der Waals surface area contributed by atoms with Crippen LogP contribution in [0.3, 0.4) is 0 Å². The van der Waals surface area contributed by atoms with Crippen LogP contribution in [0.15, 0.2) is 12.4 Å². The van der Waals surface area contributed by atoms with E-state index in [9.17, 15) is 4.79 Å². The van der Waals surface area contributed by atoms with Crippen LogP contribution >= 0.6 is 0 Å². The highest BCUT2D eigenvalue weighted by molar-refractivity contribution is 5.94. The molecule has 1 amide bonds. The summed E-state index contributed by atoms with van der Waals surface area (Å²) < 4.78 is 7.30. The molecule has 2 atom stereocenters. The predicted octanol–water partition coefficient (Wildman–Crippen LogP) is 0.348. The van der Waals surface area contributed by atoms with Crippen LogP contribution in [0.25, 0.3) is 0 Å². The van der Waals surface area contributed by atoms with E-state index in [4.69, 9.17) is 10.5 Å². The summed E-state index contributed by atoms with van der Waals surface area (Å²) in [4.78, 5) is 11.4. The standard InChI is InChI=1S/C11H18N4O2/c1-8(12)11(16)14-9-5-13-15(6-9)7-10-3-2-4-17-10/h5-6,8,10H,2-4,7,12H2,1H3,(H,14,16). The Balaban J connectivity index is 1.89. The van der Waals surface area contributed by atoms with E-state index in [1.165, 1.54) is 0 Å². The molecule has 1 aliphatic heterocycles. The van der Waals surface area contributed by atoms with Crippen LogP contribution in [0.4, 0.5) is 5.69 Å². The molecule has 0 aromatic carbocycles. The van der Waals surface area contributed by atoms with E-state index in [1.54, 1.807) is 24.0 Å². The van der Waals surface area contributed by atoms with Gasteiger partial charge in [0.15, 0.2) is 0 Å². The Kier molecular flexibility index (Phi) is 3.75. The van der Waals surface area contributed by atoms with E-state index in [-0.39, 0.29) is 12.0 Å². The lowest BCUT2D eigenvalue weighted by atomic mass is 10.2. The monoisotopic (exact) mass is 238 g/mol. The van der Waals surface area contributed by atoms with Crippen molar-refractivity contribution in [3.05, 3.63) is 12.4 Å². The highest BCUT2D eigenvalue weighted by atomic mass is 16.5. The van der Waals surface area contributed by atoms with Gasteiger partial charge < -0.3 is 15.8 Å². The number of nitrogens with one attached hydrogen (secondary N) is 1. The molecule has 0 saturated carbocycles. The van der Waals surface area contributed by atoms with Crippen LogP contribution in [-0.4, -0.2) is 34.4 Å². The molecule has 17 heavy (non-hydrogen) atoms. The first-order valence-corrected chi connectivity index (χ1v) is 5.85. The third-order valence-electron chi connectivity index (χ3n) is 2.73. The Hall–Kier alpha value is -1.40. The SMILES string of the molecule is CC(N)C(=O)Nc1cnn(CC2CCCO2)c1. The quantitative estimate of drug-likeness (QED) is 0.793. The lowest BCUT2D eigenvalue weighted by Crippen LogP contribution is -2.32. The molecule has 1 fully saturated rings. The molecule has 3 N–H and O–H groups in total. The number of hydrogen-bond acceptors (Lipinski definition) is 4. The van der Waals surface area contributed by atoms with Crippen molar-refractivity contribution in [1.82, 2.24) is 9.78 Å². The van der Waals surface area contributed by atoms with Gasteiger partial charge in [-0.25, -0.2) is 0 Å². The number of hydrogen-bond donors (Lipinski definition) is 2. The van der Waals surface area contributed by atoms with Crippen LogP contribution in [0.2, 0.25) is 0 Å². The Morgan fingerprint density at radius 1 is 1.82 bits per heavy atom. The van der Waals surface area contributed by atoms with Gasteiger partial charge in [-0.3, -0.25) is 9.48 Å². The van der Waals surface area contributed by atoms with E-state index >= 15 is 0 Å². The zero-order valence-corrected chi connectivity index (χ0v) is 9.93. The van der Waals surface area contributed by atoms with Crippen molar-refractivity contribution in [3.8, 4) is 0 Å². The van der Waals surface area contributed by atoms with Crippen LogP contribution < -0.4 is 11.1 Å². The fourth-order valence-corrected chi connectivity index (χ4v) is 1.78. The van der Waals surface area contributed by atoms with Crippen molar-refractivity contribution in [2.24, 2.45) is 5.73 Å². The van der Waals surface area contributed by atoms with Crippen LogP contribution in [0.1, 0.15) is 19.8 Å². The first-order valence-electron chi connectivity index (χ1n) is 5.85. The number of anilines is 1. The molecule has 1 saturated heterocycles. The van der Waals surface area contributed by atoms with E-state index in [0.717, 1.165) is 26.0 Å². The number of aromatic nitrogens is 2. The summed E-state index contributed by atoms with van der Waals surface area (Å²) in [6.07, 6.45) is 5.84. The Morgan fingerprint density at radius 2 is 2.65 bits per heavy atom. The van der Waals surface area contributed by atoms with Gasteiger partial charge in [0, 0.05) is 12.8 Å². The van der Waals surface area contributed by atoms with Gasteiger partial charge in [-0.05, 0) is 19.8 Å². The second-order valence-corrected chi connectivity index (χ2v) is 4.36. The van der Waals surface area contributed by atoms with Gasteiger partial charge in [-0.2, -0.15) is 5.10 Å². The Labute approximate surface area is 100 Å². The molecule has 1 aromatic heterocycles. The van der Waals surface area contributed by atoms with Crippen molar-refractivity contribution < 1.29 is 9.53 Å². The topological polar surface area (TPSA) is 82.2 Å². The number of carbonyl (C=O) groups is 1. The van der Waals surface area contributed by atoms with Crippen LogP contribution in [-0.2, 0) is 16.1 Å². The lowest BCUT2D eigenvalue weighted by molar-refractivity contribution is -0.117. The second-order valence-electron chi connectivity index (χ2n) is 4.36. The summed E-state index contributed by atoms with van der Waals surface area (Å²) in [5, 5.41) is 6.87. The maximum atomic E-state index is 11.4. The summed E-state index contributed by atoms with van der Waals surface area (Å²) in [5.74, 6) is -0.207. The minimum Gasteiger partial charge on any atom is -0.376 e. The van der Waals surface area contributed by atoms with Gasteiger partial charge in [-0.15, -0.1) is 0 Å². The fourth-order valence-electron chi connectivity index (χ4n) is 1.78. The minimum absolute atomic E-state index is 0.207. The molecule has 6 nitrogen and oxygen atoms in total. The maximum Gasteiger partial charge on any atom is 0.241 e. The summed E-state index contributed by atoms with van der Waals surface area (Å²) in [6.45, 7) is 3.21. The maximum absolute atomic E-state index is 11.4. The lowest BCUT2D eigenvalue weighted by Gasteiger charge is -2.08. The van der Waals surface area contributed by atoms with E-state index < -0.39 is 6.04 Å². The zero-order chi connectivity index (χ0) is 12.3. The largest absolute Gasteiger partial charge is 0.376 e. The number of nitrogens with zero attached hydrogens (tertiary/aromatic N) is 2. The van der Waals surface area contributed by atoms with Gasteiger partial charge in [-0.1, -0.05) is 0 Å². The summed E-state index contributed by atoms with van der Waals surface area (Å²) in [7, 11) is 0. The molecule has 94 valence electrons. The van der Waals surface area contributed by atoms with Crippen molar-refractivity contribution in [2.45, 2.75) is 38.5 Å². The Morgan fingerprint density at radius 3 is 3.29 bits per heavy atom. The summed E-state index contributed by atoms with van der Waals surface area (Å²) in [5.41, 5.74) is 6.13. The highest BCUT2D eigenvalue weighted by Gasteiger charge is 2.16. The first-order chi connectivity index (χ1) is 8.15. The van der Waals surface area contributed by atoms with Crippen molar-refractivity contribution in [3.63, 3.8) is 0 Å². The highest BCUT2D eigenvalue weighted by Crippen LogP contribution is 2.14. The number of rotatable bonds is 4. The number of carbonyl (C=O) groups excluding carboxylic acids is 1. The van der Waals surface area contributed by atoms with Crippen molar-refractivity contribution in [1.29, 1.82) is 0 Å². The van der Waals surface area contributed by atoms with E-state index in [1.807, 2.05) is 0 Å². The van der Waals surface area contributed by atoms with E-state index in [0.29, 0.717) is 5.69 Å². The third-order valence-corrected chi connectivity index (χ3v) is 2.73. The zero-order valence-electron chi connectivity index (χ0n) is 9.93.